The molecule has 9 heteroatoms. The van der Waals surface area contributed by atoms with Crippen LogP contribution in [0.4, 0.5) is 0 Å². The molecule has 1 saturated heterocycles. The van der Waals surface area contributed by atoms with E-state index in [1.54, 1.807) is 0 Å². The van der Waals surface area contributed by atoms with Crippen molar-refractivity contribution in [2.24, 2.45) is 0 Å². The normalized spacial score (nSPS) is 33.1. The Labute approximate surface area is 71.1 Å². The summed E-state index contributed by atoms with van der Waals surface area (Å²) in [4.78, 5) is 0. The molecule has 0 aromatic heterocycles. The number of aliphatic hydroxyl groups excluding tert-OH is 1. The van der Waals surface area contributed by atoms with Gasteiger partial charge >= 0.3 is 23.0 Å². The monoisotopic (exact) mass is 269 g/mol. The summed E-state index contributed by atoms with van der Waals surface area (Å²) in [6.45, 7) is -1.70. The zero-order valence-corrected chi connectivity index (χ0v) is 7.99. The van der Waals surface area contributed by atoms with Crippen LogP contribution >= 0.6 is 16.5 Å². The average molecular weight is 270 g/mol. The van der Waals surface area contributed by atoms with Crippen LogP contribution < -0.4 is 0 Å². The van der Waals surface area contributed by atoms with Crippen molar-refractivity contribution in [3.63, 3.8) is 0 Å². The molecule has 1 radical (unpaired) electrons. The number of hydrogen-bond acceptors (Lipinski definition) is 6. The molecule has 0 aromatic rings. The van der Waals surface area contributed by atoms with Gasteiger partial charge in [0.05, 0.1) is 0 Å². The molecule has 57 valence electrons. The Morgan fingerprint density at radius 1 is 1.20 bits per heavy atom. The van der Waals surface area contributed by atoms with E-state index in [4.69, 9.17) is 5.11 Å². The van der Waals surface area contributed by atoms with Gasteiger partial charge in [0.25, 0.3) is 0 Å². The van der Waals surface area contributed by atoms with Crippen molar-refractivity contribution in [2.45, 2.75) is 6.48 Å². The van der Waals surface area contributed by atoms with Crippen LogP contribution in [0.15, 0.2) is 0 Å². The summed E-state index contributed by atoms with van der Waals surface area (Å²) < 4.78 is 32.3. The summed E-state index contributed by atoms with van der Waals surface area (Å²) in [5.74, 6) is 0. The van der Waals surface area contributed by atoms with Crippen LogP contribution in [-0.4, -0.2) is 11.6 Å². The summed E-state index contributed by atoms with van der Waals surface area (Å²) in [7, 11) is -4.96. The number of aliphatic hydroxyl groups is 1. The molecule has 0 amide bonds. The van der Waals surface area contributed by atoms with Crippen molar-refractivity contribution in [1.82, 2.24) is 0 Å². The predicted octanol–water partition coefficient (Wildman–Crippen LogP) is 0.638. The Morgan fingerprint density at radius 3 is 1.90 bits per heavy atom. The second-order valence-electron chi connectivity index (χ2n) is 1.05. The summed E-state index contributed by atoms with van der Waals surface area (Å²) in [5.41, 5.74) is 0. The molecule has 1 aliphatic heterocycles. The van der Waals surface area contributed by atoms with Crippen LogP contribution in [0.5, 0.6) is 0 Å². The van der Waals surface area contributed by atoms with Crippen LogP contribution in [0, 0.1) is 0 Å². The van der Waals surface area contributed by atoms with E-state index in [9.17, 15) is 9.13 Å². The standard InChI is InChI=1S/CH2O6P2.Tc/c2-1-5-8(3)7-9(4)6-1;/h1-2H;/q+2;. The van der Waals surface area contributed by atoms with Crippen molar-refractivity contribution in [2.75, 3.05) is 0 Å². The minimum atomic E-state index is -2.48. The SMILES string of the molecule is O=[P+]1OC(O)O[P+](=O)O1.[Tc]. The zero-order chi connectivity index (χ0) is 6.85. The van der Waals surface area contributed by atoms with Crippen LogP contribution in [0.2, 0.25) is 0 Å². The van der Waals surface area contributed by atoms with Crippen molar-refractivity contribution >= 4 is 16.5 Å². The smallest absolute Gasteiger partial charge is 0.340 e. The average Bonchev–Trinajstić information content (AvgIpc) is 1.59. The Morgan fingerprint density at radius 2 is 1.60 bits per heavy atom. The van der Waals surface area contributed by atoms with Crippen molar-refractivity contribution < 1.29 is 47.7 Å². The fourth-order valence-corrected chi connectivity index (χ4v) is 1.45. The van der Waals surface area contributed by atoms with E-state index in [2.05, 4.69) is 13.4 Å². The molecule has 0 aromatic carbocycles. The van der Waals surface area contributed by atoms with Crippen molar-refractivity contribution in [3.8, 4) is 0 Å². The van der Waals surface area contributed by atoms with Crippen LogP contribution in [0.1, 0.15) is 0 Å². The van der Waals surface area contributed by atoms with Gasteiger partial charge in [-0.05, 0) is 9.05 Å². The summed E-state index contributed by atoms with van der Waals surface area (Å²) in [5, 5.41) is 8.36. The fraction of sp³-hybridized carbons (Fsp3) is 1.00. The third kappa shape index (κ3) is 3.19. The summed E-state index contributed by atoms with van der Waals surface area (Å²) in [6, 6.07) is 0. The van der Waals surface area contributed by atoms with Gasteiger partial charge in [-0.15, -0.1) is 0 Å². The molecule has 1 heterocycles. The Balaban J connectivity index is 0.000000810. The molecule has 2 atom stereocenters. The van der Waals surface area contributed by atoms with Crippen LogP contribution in [0.3, 0.4) is 0 Å². The third-order valence-electron chi connectivity index (χ3n) is 0.486. The van der Waals surface area contributed by atoms with Gasteiger partial charge in [-0.2, -0.15) is 0 Å². The van der Waals surface area contributed by atoms with E-state index >= 15 is 0 Å². The van der Waals surface area contributed by atoms with Gasteiger partial charge in [0, 0.05) is 29.2 Å². The minimum Gasteiger partial charge on any atom is -0.340 e. The second-order valence-corrected chi connectivity index (χ2v) is 3.02. The molecule has 1 N–H and O–H groups in total. The van der Waals surface area contributed by atoms with Gasteiger partial charge < -0.3 is 5.11 Å². The topological polar surface area (TPSA) is 82.1 Å². The van der Waals surface area contributed by atoms with Gasteiger partial charge in [-0.1, -0.05) is 0 Å². The van der Waals surface area contributed by atoms with E-state index in [1.165, 1.54) is 0 Å². The molecule has 2 unspecified atom stereocenters. The Kier molecular flexibility index (Phi) is 4.86. The fourth-order valence-electron chi connectivity index (χ4n) is 0.259. The van der Waals surface area contributed by atoms with Gasteiger partial charge in [0.2, 0.25) is 0 Å². The maximum Gasteiger partial charge on any atom is 0.753 e. The molecule has 0 saturated carbocycles. The van der Waals surface area contributed by atoms with Crippen molar-refractivity contribution in [1.29, 1.82) is 0 Å². The van der Waals surface area contributed by atoms with Gasteiger partial charge in [0.1, 0.15) is 0 Å². The van der Waals surface area contributed by atoms with E-state index in [0.29, 0.717) is 0 Å². The van der Waals surface area contributed by atoms with E-state index < -0.39 is 23.0 Å². The van der Waals surface area contributed by atoms with Gasteiger partial charge in [0.15, 0.2) is 4.31 Å². The van der Waals surface area contributed by atoms with Crippen molar-refractivity contribution in [3.05, 3.63) is 0 Å². The van der Waals surface area contributed by atoms with E-state index in [-0.39, 0.29) is 20.1 Å². The molecule has 1 aliphatic rings. The minimum absolute atomic E-state index is 0. The largest absolute Gasteiger partial charge is 0.753 e. The number of rotatable bonds is 0. The van der Waals surface area contributed by atoms with E-state index in [1.807, 2.05) is 0 Å². The zero-order valence-electron chi connectivity index (χ0n) is 4.34. The third-order valence-corrected chi connectivity index (χ3v) is 2.26. The molecular weight excluding hydrogens is 268 g/mol. The maximum atomic E-state index is 10.2. The molecule has 6 nitrogen and oxygen atoms in total. The first-order valence-corrected chi connectivity index (χ1v) is 4.02. The predicted molar refractivity (Wildman–Crippen MR) is 24.5 cm³/mol. The van der Waals surface area contributed by atoms with Crippen LogP contribution in [-0.2, 0) is 42.6 Å². The molecule has 1 rings (SSSR count). The summed E-state index contributed by atoms with van der Waals surface area (Å²) in [6.07, 6.45) is 0. The first kappa shape index (κ1) is 10.7. The number of hydrogen-bond donors (Lipinski definition) is 1. The molecule has 10 heavy (non-hydrogen) atoms. The maximum absolute atomic E-state index is 10.2. The summed E-state index contributed by atoms with van der Waals surface area (Å²) >= 11 is 0. The van der Waals surface area contributed by atoms with Gasteiger partial charge in [-0.3, -0.25) is 0 Å². The first-order valence-electron chi connectivity index (χ1n) is 1.83. The molecule has 0 aliphatic carbocycles. The molecule has 0 bridgehead atoms. The Bertz CT molecular complexity index is 142. The van der Waals surface area contributed by atoms with Gasteiger partial charge in [-0.25, -0.2) is 0 Å². The molecular formula is CH2O6P2Tc+2. The van der Waals surface area contributed by atoms with E-state index in [0.717, 1.165) is 0 Å². The first-order chi connectivity index (χ1) is 4.18. The molecule has 1 fully saturated rings. The Hall–Kier alpha value is 0.689. The van der Waals surface area contributed by atoms with Crippen LogP contribution in [0.25, 0.3) is 0 Å². The molecule has 0 spiro atoms. The second kappa shape index (κ2) is 4.54. The quantitative estimate of drug-likeness (QED) is 0.650.